The highest BCUT2D eigenvalue weighted by molar-refractivity contribution is 5.39. The smallest absolute Gasteiger partial charge is 0.229 e. The van der Waals surface area contributed by atoms with Crippen molar-refractivity contribution in [2.75, 3.05) is 29.5 Å². The number of nitrogens with zero attached hydrogens (tertiary/aromatic N) is 3. The highest BCUT2D eigenvalue weighted by Gasteiger charge is 2.04. The van der Waals surface area contributed by atoms with Crippen LogP contribution in [-0.4, -0.2) is 28.0 Å². The van der Waals surface area contributed by atoms with Crippen LogP contribution < -0.4 is 16.4 Å². The van der Waals surface area contributed by atoms with Gasteiger partial charge in [0.2, 0.25) is 17.8 Å². The Kier molecular flexibility index (Phi) is 23.5. The van der Waals surface area contributed by atoms with Gasteiger partial charge in [-0.1, -0.05) is 155 Å². The maximum absolute atomic E-state index is 5.90. The fourth-order valence-electron chi connectivity index (χ4n) is 4.88. The third kappa shape index (κ3) is 22.1. The second kappa shape index (κ2) is 26.0. The molecule has 0 aliphatic heterocycles. The number of hydrogen-bond donors (Lipinski definition) is 3. The molecule has 0 radical (unpaired) electrons. The Morgan fingerprint density at radius 1 is 0.405 bits per heavy atom. The molecule has 0 aliphatic carbocycles. The van der Waals surface area contributed by atoms with Crippen LogP contribution in [0, 0.1) is 0 Å². The summed E-state index contributed by atoms with van der Waals surface area (Å²) in [6.07, 6.45) is 32.6. The summed E-state index contributed by atoms with van der Waals surface area (Å²) in [6, 6.07) is 0. The van der Waals surface area contributed by atoms with Gasteiger partial charge in [0.25, 0.3) is 0 Å². The van der Waals surface area contributed by atoms with Crippen molar-refractivity contribution in [2.24, 2.45) is 0 Å². The van der Waals surface area contributed by atoms with E-state index >= 15 is 0 Å². The van der Waals surface area contributed by atoms with Crippen molar-refractivity contribution in [3.8, 4) is 0 Å². The maximum atomic E-state index is 5.90. The normalized spacial score (nSPS) is 11.2. The Morgan fingerprint density at radius 2 is 0.676 bits per heavy atom. The van der Waals surface area contributed by atoms with Crippen LogP contribution in [0.4, 0.5) is 17.8 Å². The van der Waals surface area contributed by atoms with Crippen LogP contribution in [0.1, 0.15) is 168 Å². The number of nitrogen functional groups attached to an aromatic ring is 1. The molecule has 0 aromatic carbocycles. The molecule has 216 valence electrons. The van der Waals surface area contributed by atoms with Gasteiger partial charge in [-0.05, 0) is 12.8 Å². The van der Waals surface area contributed by atoms with Crippen LogP contribution in [-0.2, 0) is 0 Å². The predicted octanol–water partition coefficient (Wildman–Crippen LogP) is 9.68. The molecule has 0 amide bonds. The summed E-state index contributed by atoms with van der Waals surface area (Å²) >= 11 is 0. The molecule has 0 bridgehead atoms. The summed E-state index contributed by atoms with van der Waals surface area (Å²) in [5, 5.41) is 6.66. The highest BCUT2D eigenvalue weighted by atomic mass is 15.2. The van der Waals surface area contributed by atoms with Gasteiger partial charge in [0.1, 0.15) is 0 Å². The van der Waals surface area contributed by atoms with E-state index in [1.807, 2.05) is 0 Å². The number of rotatable bonds is 28. The van der Waals surface area contributed by atoms with E-state index in [1.165, 1.54) is 141 Å². The van der Waals surface area contributed by atoms with Crippen molar-refractivity contribution in [3.63, 3.8) is 0 Å². The number of aromatic nitrogens is 3. The first kappa shape index (κ1) is 33.4. The van der Waals surface area contributed by atoms with Gasteiger partial charge in [0.05, 0.1) is 0 Å². The molecular weight excluding hydrogens is 456 g/mol. The van der Waals surface area contributed by atoms with Crippen LogP contribution in [0.5, 0.6) is 0 Å². The minimum absolute atomic E-state index is 0.282. The van der Waals surface area contributed by atoms with Crippen LogP contribution in [0.25, 0.3) is 0 Å². The molecule has 37 heavy (non-hydrogen) atoms. The first-order chi connectivity index (χ1) is 18.3. The van der Waals surface area contributed by atoms with Crippen LogP contribution >= 0.6 is 0 Å². The second-order valence-electron chi connectivity index (χ2n) is 11.0. The molecule has 4 N–H and O–H groups in total. The topological polar surface area (TPSA) is 88.8 Å². The first-order valence-corrected chi connectivity index (χ1v) is 16.3. The molecule has 6 heteroatoms. The minimum atomic E-state index is 0.282. The first-order valence-electron chi connectivity index (χ1n) is 16.3. The van der Waals surface area contributed by atoms with Crippen molar-refractivity contribution < 1.29 is 0 Å². The lowest BCUT2D eigenvalue weighted by molar-refractivity contribution is 0.546. The lowest BCUT2D eigenvalue weighted by Gasteiger charge is -2.09. The molecule has 1 aromatic heterocycles. The molecule has 0 aliphatic rings. The van der Waals surface area contributed by atoms with Crippen molar-refractivity contribution >= 4 is 17.8 Å². The third-order valence-corrected chi connectivity index (χ3v) is 7.28. The van der Waals surface area contributed by atoms with Crippen molar-refractivity contribution in [1.29, 1.82) is 0 Å². The number of nitrogens with two attached hydrogens (primary N) is 1. The zero-order valence-corrected chi connectivity index (χ0v) is 24.8. The molecule has 0 saturated heterocycles. The number of unbranched alkanes of at least 4 members (excludes halogenated alkanes) is 22. The Bertz CT molecular complexity index is 561. The molecule has 0 spiro atoms. The molecule has 1 heterocycles. The van der Waals surface area contributed by atoms with Crippen molar-refractivity contribution in [2.45, 2.75) is 168 Å². The standard InChI is InChI=1S/C31H62N6/c1-3-5-7-9-11-13-15-17-19-21-23-25-27-33-30-35-29(32)36-31(37-30)34-28-26-24-22-20-18-16-14-12-10-8-6-4-2/h3-28H2,1-2H3,(H4,32,33,34,35,36,37). The van der Waals surface area contributed by atoms with Gasteiger partial charge in [0.15, 0.2) is 0 Å². The molecular formula is C31H62N6. The molecule has 0 fully saturated rings. The predicted molar refractivity (Wildman–Crippen MR) is 163 cm³/mol. The van der Waals surface area contributed by atoms with Crippen molar-refractivity contribution in [1.82, 2.24) is 15.0 Å². The lowest BCUT2D eigenvalue weighted by Crippen LogP contribution is -2.12. The van der Waals surface area contributed by atoms with E-state index in [1.54, 1.807) is 0 Å². The van der Waals surface area contributed by atoms with Crippen LogP contribution in [0.15, 0.2) is 0 Å². The molecule has 6 nitrogen and oxygen atoms in total. The van der Waals surface area contributed by atoms with Gasteiger partial charge >= 0.3 is 0 Å². The van der Waals surface area contributed by atoms with E-state index in [9.17, 15) is 0 Å². The second-order valence-corrected chi connectivity index (χ2v) is 11.0. The van der Waals surface area contributed by atoms with Gasteiger partial charge in [0, 0.05) is 13.1 Å². The van der Waals surface area contributed by atoms with E-state index in [0.29, 0.717) is 11.9 Å². The third-order valence-electron chi connectivity index (χ3n) is 7.28. The SMILES string of the molecule is CCCCCCCCCCCCCCNc1nc(N)nc(NCCCCCCCCCCCCCC)n1. The van der Waals surface area contributed by atoms with Crippen LogP contribution in [0.3, 0.4) is 0 Å². The molecule has 0 saturated carbocycles. The summed E-state index contributed by atoms with van der Waals surface area (Å²) in [5.41, 5.74) is 5.90. The summed E-state index contributed by atoms with van der Waals surface area (Å²) in [7, 11) is 0. The van der Waals surface area contributed by atoms with Crippen molar-refractivity contribution in [3.05, 3.63) is 0 Å². The van der Waals surface area contributed by atoms with Gasteiger partial charge < -0.3 is 16.4 Å². The van der Waals surface area contributed by atoms with Gasteiger partial charge in [-0.25, -0.2) is 0 Å². The van der Waals surface area contributed by atoms with Crippen LogP contribution in [0.2, 0.25) is 0 Å². The highest BCUT2D eigenvalue weighted by Crippen LogP contribution is 2.14. The zero-order chi connectivity index (χ0) is 26.7. The Morgan fingerprint density at radius 3 is 0.973 bits per heavy atom. The number of nitrogens with one attached hydrogen (secondary N) is 2. The minimum Gasteiger partial charge on any atom is -0.368 e. The fourth-order valence-corrected chi connectivity index (χ4v) is 4.88. The monoisotopic (exact) mass is 519 g/mol. The summed E-state index contributed by atoms with van der Waals surface area (Å²) in [6.45, 7) is 6.34. The van der Waals surface area contributed by atoms with E-state index in [4.69, 9.17) is 5.73 Å². The summed E-state index contributed by atoms with van der Waals surface area (Å²) in [5.74, 6) is 1.46. The van der Waals surface area contributed by atoms with Gasteiger partial charge in [-0.2, -0.15) is 15.0 Å². The molecule has 0 atom stereocenters. The van der Waals surface area contributed by atoms with E-state index in [-0.39, 0.29) is 5.95 Å². The average Bonchev–Trinajstić information content (AvgIpc) is 2.89. The molecule has 0 unspecified atom stereocenters. The Labute approximate surface area is 230 Å². The Balaban J connectivity index is 1.97. The van der Waals surface area contributed by atoms with E-state index in [0.717, 1.165) is 25.9 Å². The average molecular weight is 519 g/mol. The fraction of sp³-hybridized carbons (Fsp3) is 0.903. The summed E-state index contributed by atoms with van der Waals surface area (Å²) < 4.78 is 0. The zero-order valence-electron chi connectivity index (χ0n) is 24.8. The van der Waals surface area contributed by atoms with Gasteiger partial charge in [-0.3, -0.25) is 0 Å². The summed E-state index contributed by atoms with van der Waals surface area (Å²) in [4.78, 5) is 13.0. The number of hydrogen-bond acceptors (Lipinski definition) is 6. The maximum Gasteiger partial charge on any atom is 0.229 e. The molecule has 1 aromatic rings. The number of anilines is 3. The largest absolute Gasteiger partial charge is 0.368 e. The molecule has 1 rings (SSSR count). The Hall–Kier alpha value is -1.59. The van der Waals surface area contributed by atoms with E-state index in [2.05, 4.69) is 39.4 Å². The quantitative estimate of drug-likeness (QED) is 0.0956. The lowest BCUT2D eigenvalue weighted by atomic mass is 10.1. The van der Waals surface area contributed by atoms with E-state index < -0.39 is 0 Å². The van der Waals surface area contributed by atoms with Gasteiger partial charge in [-0.15, -0.1) is 0 Å².